The lowest BCUT2D eigenvalue weighted by Crippen LogP contribution is -2.27. The van der Waals surface area contributed by atoms with Crippen molar-refractivity contribution in [2.75, 3.05) is 27.9 Å². The molecule has 114 valence electrons. The van der Waals surface area contributed by atoms with Gasteiger partial charge in [0, 0.05) is 6.04 Å². The predicted molar refractivity (Wildman–Crippen MR) is 82.2 cm³/mol. The number of aryl methyl sites for hydroxylation is 1. The topological polar surface area (TPSA) is 39.7 Å². The van der Waals surface area contributed by atoms with E-state index in [4.69, 9.17) is 14.2 Å². The fraction of sp³-hybridized carbons (Fsp3) is 0.625. The second-order valence-electron chi connectivity index (χ2n) is 4.93. The van der Waals surface area contributed by atoms with Crippen LogP contribution in [0, 0.1) is 0 Å². The SMILES string of the molecule is CCCNC(C)CCc1cc(OC)c(OC)c(OC)c1. The zero-order chi connectivity index (χ0) is 15.0. The molecule has 0 amide bonds. The van der Waals surface area contributed by atoms with Gasteiger partial charge in [-0.05, 0) is 50.4 Å². The highest BCUT2D eigenvalue weighted by Gasteiger charge is 2.13. The van der Waals surface area contributed by atoms with E-state index in [1.54, 1.807) is 21.3 Å². The van der Waals surface area contributed by atoms with E-state index in [0.29, 0.717) is 11.8 Å². The summed E-state index contributed by atoms with van der Waals surface area (Å²) in [6.45, 7) is 5.46. The van der Waals surface area contributed by atoms with E-state index in [-0.39, 0.29) is 0 Å². The van der Waals surface area contributed by atoms with Gasteiger partial charge in [0.25, 0.3) is 0 Å². The molecule has 0 aliphatic heterocycles. The molecule has 0 saturated carbocycles. The van der Waals surface area contributed by atoms with Crippen molar-refractivity contribution in [2.24, 2.45) is 0 Å². The highest BCUT2D eigenvalue weighted by atomic mass is 16.5. The van der Waals surface area contributed by atoms with Crippen molar-refractivity contribution < 1.29 is 14.2 Å². The third-order valence-electron chi connectivity index (χ3n) is 3.33. The second-order valence-corrected chi connectivity index (χ2v) is 4.93. The lowest BCUT2D eigenvalue weighted by molar-refractivity contribution is 0.323. The number of methoxy groups -OCH3 is 3. The lowest BCUT2D eigenvalue weighted by atomic mass is 10.0. The minimum absolute atomic E-state index is 0.508. The Morgan fingerprint density at radius 3 is 2.10 bits per heavy atom. The van der Waals surface area contributed by atoms with Gasteiger partial charge < -0.3 is 19.5 Å². The minimum atomic E-state index is 0.508. The first-order chi connectivity index (χ1) is 9.65. The van der Waals surface area contributed by atoms with E-state index >= 15 is 0 Å². The molecule has 1 aromatic rings. The van der Waals surface area contributed by atoms with Gasteiger partial charge in [-0.1, -0.05) is 6.92 Å². The first kappa shape index (κ1) is 16.6. The molecule has 4 heteroatoms. The zero-order valence-electron chi connectivity index (χ0n) is 13.3. The van der Waals surface area contributed by atoms with Crippen molar-refractivity contribution in [3.05, 3.63) is 17.7 Å². The summed E-state index contributed by atoms with van der Waals surface area (Å²) in [6.07, 6.45) is 3.22. The van der Waals surface area contributed by atoms with Crippen molar-refractivity contribution in [3.8, 4) is 17.2 Å². The molecule has 0 heterocycles. The van der Waals surface area contributed by atoms with Gasteiger partial charge in [0.1, 0.15) is 0 Å². The van der Waals surface area contributed by atoms with Crippen molar-refractivity contribution in [2.45, 2.75) is 39.2 Å². The van der Waals surface area contributed by atoms with E-state index in [9.17, 15) is 0 Å². The lowest BCUT2D eigenvalue weighted by Gasteiger charge is -2.16. The van der Waals surface area contributed by atoms with Gasteiger partial charge in [0.15, 0.2) is 11.5 Å². The first-order valence-corrected chi connectivity index (χ1v) is 7.18. The Morgan fingerprint density at radius 1 is 1.05 bits per heavy atom. The van der Waals surface area contributed by atoms with Crippen LogP contribution in [0.15, 0.2) is 12.1 Å². The van der Waals surface area contributed by atoms with Gasteiger partial charge in [-0.3, -0.25) is 0 Å². The fourth-order valence-corrected chi connectivity index (χ4v) is 2.16. The van der Waals surface area contributed by atoms with Crippen LogP contribution in [0.25, 0.3) is 0 Å². The zero-order valence-corrected chi connectivity index (χ0v) is 13.3. The molecule has 0 aliphatic carbocycles. The molecule has 1 aromatic carbocycles. The van der Waals surface area contributed by atoms with Gasteiger partial charge in [0.2, 0.25) is 5.75 Å². The first-order valence-electron chi connectivity index (χ1n) is 7.18. The highest BCUT2D eigenvalue weighted by Crippen LogP contribution is 2.38. The van der Waals surface area contributed by atoms with Crippen LogP contribution < -0.4 is 19.5 Å². The van der Waals surface area contributed by atoms with Crippen molar-refractivity contribution >= 4 is 0 Å². The van der Waals surface area contributed by atoms with Crippen LogP contribution in [0.3, 0.4) is 0 Å². The molecule has 1 rings (SSSR count). The summed E-state index contributed by atoms with van der Waals surface area (Å²) in [7, 11) is 4.91. The highest BCUT2D eigenvalue weighted by molar-refractivity contribution is 5.53. The Bertz CT molecular complexity index is 382. The van der Waals surface area contributed by atoms with E-state index in [0.717, 1.165) is 37.3 Å². The Balaban J connectivity index is 2.75. The summed E-state index contributed by atoms with van der Waals surface area (Å²) in [6, 6.07) is 4.55. The molecule has 0 aromatic heterocycles. The number of rotatable bonds is 9. The van der Waals surface area contributed by atoms with Gasteiger partial charge in [0.05, 0.1) is 21.3 Å². The smallest absolute Gasteiger partial charge is 0.203 e. The van der Waals surface area contributed by atoms with Crippen LogP contribution in [-0.2, 0) is 6.42 Å². The number of hydrogen-bond donors (Lipinski definition) is 1. The largest absolute Gasteiger partial charge is 0.493 e. The van der Waals surface area contributed by atoms with Crippen molar-refractivity contribution in [3.63, 3.8) is 0 Å². The Kier molecular flexibility index (Phi) is 7.23. The monoisotopic (exact) mass is 281 g/mol. The normalized spacial score (nSPS) is 12.1. The van der Waals surface area contributed by atoms with Crippen LogP contribution in [0.2, 0.25) is 0 Å². The van der Waals surface area contributed by atoms with Crippen LogP contribution in [0.4, 0.5) is 0 Å². The summed E-state index contributed by atoms with van der Waals surface area (Å²) in [5, 5.41) is 3.50. The molecule has 0 fully saturated rings. The molecule has 20 heavy (non-hydrogen) atoms. The van der Waals surface area contributed by atoms with E-state index in [1.807, 2.05) is 12.1 Å². The Hall–Kier alpha value is -1.42. The maximum atomic E-state index is 5.37. The maximum Gasteiger partial charge on any atom is 0.203 e. The van der Waals surface area contributed by atoms with Crippen LogP contribution in [-0.4, -0.2) is 33.9 Å². The van der Waals surface area contributed by atoms with E-state index < -0.39 is 0 Å². The number of benzene rings is 1. The van der Waals surface area contributed by atoms with Gasteiger partial charge >= 0.3 is 0 Å². The minimum Gasteiger partial charge on any atom is -0.493 e. The van der Waals surface area contributed by atoms with Gasteiger partial charge in [-0.25, -0.2) is 0 Å². The van der Waals surface area contributed by atoms with Gasteiger partial charge in [-0.15, -0.1) is 0 Å². The molecule has 0 bridgehead atoms. The number of ether oxygens (including phenoxy) is 3. The molecule has 0 spiro atoms. The maximum absolute atomic E-state index is 5.37. The van der Waals surface area contributed by atoms with Crippen molar-refractivity contribution in [1.82, 2.24) is 5.32 Å². The van der Waals surface area contributed by atoms with E-state index in [1.165, 1.54) is 5.56 Å². The molecule has 0 saturated heterocycles. The molecular formula is C16H27NO3. The standard InChI is InChI=1S/C16H27NO3/c1-6-9-17-12(2)7-8-13-10-14(18-3)16(20-5)15(11-13)19-4/h10-12,17H,6-9H2,1-5H3. The summed E-state index contributed by atoms with van der Waals surface area (Å²) in [4.78, 5) is 0. The van der Waals surface area contributed by atoms with Crippen LogP contribution >= 0.6 is 0 Å². The van der Waals surface area contributed by atoms with Crippen LogP contribution in [0.5, 0.6) is 17.2 Å². The fourth-order valence-electron chi connectivity index (χ4n) is 2.16. The molecule has 1 unspecified atom stereocenters. The predicted octanol–water partition coefficient (Wildman–Crippen LogP) is 3.03. The second kappa shape index (κ2) is 8.69. The Labute approximate surface area is 122 Å². The summed E-state index contributed by atoms with van der Waals surface area (Å²) >= 11 is 0. The van der Waals surface area contributed by atoms with Crippen LogP contribution in [0.1, 0.15) is 32.3 Å². The average Bonchev–Trinajstić information content (AvgIpc) is 2.49. The van der Waals surface area contributed by atoms with Gasteiger partial charge in [-0.2, -0.15) is 0 Å². The molecule has 1 atom stereocenters. The summed E-state index contributed by atoms with van der Waals surface area (Å²) in [5.41, 5.74) is 1.20. The third kappa shape index (κ3) is 4.60. The quantitative estimate of drug-likeness (QED) is 0.755. The number of nitrogens with one attached hydrogen (secondary N) is 1. The molecule has 0 aliphatic rings. The molecule has 1 N–H and O–H groups in total. The molecule has 0 radical (unpaired) electrons. The van der Waals surface area contributed by atoms with Crippen molar-refractivity contribution in [1.29, 1.82) is 0 Å². The average molecular weight is 281 g/mol. The summed E-state index contributed by atoms with van der Waals surface area (Å²) < 4.78 is 16.1. The Morgan fingerprint density at radius 2 is 1.65 bits per heavy atom. The summed E-state index contributed by atoms with van der Waals surface area (Å²) in [5.74, 6) is 2.09. The number of hydrogen-bond acceptors (Lipinski definition) is 4. The molecular weight excluding hydrogens is 254 g/mol. The molecule has 4 nitrogen and oxygen atoms in total. The van der Waals surface area contributed by atoms with E-state index in [2.05, 4.69) is 19.2 Å². The third-order valence-corrected chi connectivity index (χ3v) is 3.33.